The average Bonchev–Trinajstić information content (AvgIpc) is 2.71. The number of pyridine rings is 2. The molecule has 2 aromatic heterocycles. The zero-order valence-electron chi connectivity index (χ0n) is 20.5. The molecule has 184 valence electrons. The number of halogens is 1. The third-order valence-electron chi connectivity index (χ3n) is 5.58. The van der Waals surface area contributed by atoms with E-state index in [2.05, 4.69) is 15.2 Å². The van der Waals surface area contributed by atoms with Crippen LogP contribution in [0.2, 0.25) is 5.02 Å². The van der Waals surface area contributed by atoms with Crippen LogP contribution in [0.15, 0.2) is 28.3 Å². The van der Waals surface area contributed by atoms with E-state index in [1.807, 2.05) is 40.7 Å². The normalized spacial score (nSPS) is 15.7. The first kappa shape index (κ1) is 26.1. The second-order valence-electron chi connectivity index (χ2n) is 9.82. The molecule has 1 aliphatic heterocycles. The van der Waals surface area contributed by atoms with Crippen LogP contribution >= 0.6 is 23.4 Å². The smallest absolute Gasteiger partial charge is 0.408 e. The number of alkyl carbamates (subject to hydrolysis) is 1. The molecule has 34 heavy (non-hydrogen) atoms. The molecule has 8 nitrogen and oxygen atoms in total. The Morgan fingerprint density at radius 1 is 1.29 bits per heavy atom. The van der Waals surface area contributed by atoms with Gasteiger partial charge in [-0.3, -0.25) is 4.79 Å². The highest BCUT2D eigenvalue weighted by Gasteiger charge is 2.34. The number of nitrogens with one attached hydrogen (secondary N) is 1. The van der Waals surface area contributed by atoms with E-state index in [1.165, 1.54) is 18.7 Å². The molecule has 0 bridgehead atoms. The van der Waals surface area contributed by atoms with Crippen LogP contribution in [0.25, 0.3) is 0 Å². The van der Waals surface area contributed by atoms with E-state index >= 15 is 0 Å². The summed E-state index contributed by atoms with van der Waals surface area (Å²) in [4.78, 5) is 36.4. The maximum absolute atomic E-state index is 12.5. The van der Waals surface area contributed by atoms with E-state index < -0.39 is 11.7 Å². The van der Waals surface area contributed by atoms with Gasteiger partial charge in [0.15, 0.2) is 5.78 Å². The Bertz CT molecular complexity index is 1090. The zero-order chi connectivity index (χ0) is 25.3. The number of ketones is 1. The monoisotopic (exact) mass is 505 g/mol. The third kappa shape index (κ3) is 6.33. The van der Waals surface area contributed by atoms with Crippen molar-refractivity contribution in [3.05, 3.63) is 34.6 Å². The molecule has 1 saturated heterocycles. The minimum absolute atomic E-state index is 0.114. The molecule has 0 unspecified atom stereocenters. The number of ether oxygens (including phenoxy) is 1. The number of nitrogen functional groups attached to an aromatic ring is 1. The summed E-state index contributed by atoms with van der Waals surface area (Å²) in [6, 6.07) is 3.77. The lowest BCUT2D eigenvalue weighted by Crippen LogP contribution is -2.54. The van der Waals surface area contributed by atoms with Crippen LogP contribution in [0.3, 0.4) is 0 Å². The lowest BCUT2D eigenvalue weighted by atomic mass is 9.89. The van der Waals surface area contributed by atoms with Gasteiger partial charge in [-0.15, -0.1) is 0 Å². The van der Waals surface area contributed by atoms with Crippen LogP contribution in [0.5, 0.6) is 0 Å². The van der Waals surface area contributed by atoms with E-state index in [0.29, 0.717) is 41.7 Å². The first-order valence-corrected chi connectivity index (χ1v) is 12.3. The van der Waals surface area contributed by atoms with Crippen molar-refractivity contribution in [2.24, 2.45) is 0 Å². The first-order chi connectivity index (χ1) is 15.8. The number of amides is 1. The van der Waals surface area contributed by atoms with E-state index in [-0.39, 0.29) is 17.1 Å². The van der Waals surface area contributed by atoms with Crippen LogP contribution in [0, 0.1) is 6.92 Å². The van der Waals surface area contributed by atoms with Crippen molar-refractivity contribution in [2.75, 3.05) is 23.7 Å². The summed E-state index contributed by atoms with van der Waals surface area (Å²) < 4.78 is 5.42. The lowest BCUT2D eigenvalue weighted by Gasteiger charge is -2.41. The van der Waals surface area contributed by atoms with E-state index in [1.54, 1.807) is 12.3 Å². The standard InChI is InChI=1S/C24H32ClN5O3S/c1-14-13-16(30-11-8-24(6,9-12-30)29-22(32)33-23(3,4)5)19(15(2)31)28-21(14)34-17-7-10-27-20(26)18(17)25/h7,10,13H,8-9,11-12H2,1-6H3,(H2,26,27)(H,29,32). The van der Waals surface area contributed by atoms with Crippen molar-refractivity contribution in [2.45, 2.75) is 75.4 Å². The number of carbonyl (C=O) groups excluding carboxylic acids is 2. The maximum atomic E-state index is 12.5. The molecule has 2 aromatic rings. The Morgan fingerprint density at radius 3 is 2.53 bits per heavy atom. The van der Waals surface area contributed by atoms with Gasteiger partial charge in [-0.05, 0) is 65.2 Å². The Morgan fingerprint density at radius 2 is 1.94 bits per heavy atom. The predicted molar refractivity (Wildman–Crippen MR) is 136 cm³/mol. The molecule has 0 aromatic carbocycles. The molecule has 0 atom stereocenters. The highest BCUT2D eigenvalue weighted by Crippen LogP contribution is 2.38. The molecule has 1 fully saturated rings. The molecule has 1 aliphatic rings. The van der Waals surface area contributed by atoms with Crippen molar-refractivity contribution >= 4 is 46.7 Å². The first-order valence-electron chi connectivity index (χ1n) is 11.1. The fraction of sp³-hybridized carbons (Fsp3) is 0.500. The highest BCUT2D eigenvalue weighted by molar-refractivity contribution is 7.99. The van der Waals surface area contributed by atoms with Gasteiger partial charge in [0, 0.05) is 36.6 Å². The van der Waals surface area contributed by atoms with Gasteiger partial charge in [-0.1, -0.05) is 23.4 Å². The second-order valence-corrected chi connectivity index (χ2v) is 11.2. The summed E-state index contributed by atoms with van der Waals surface area (Å²) in [5.41, 5.74) is 7.03. The lowest BCUT2D eigenvalue weighted by molar-refractivity contribution is 0.0448. The molecule has 3 N–H and O–H groups in total. The molecular weight excluding hydrogens is 474 g/mol. The zero-order valence-corrected chi connectivity index (χ0v) is 22.1. The molecule has 0 saturated carbocycles. The summed E-state index contributed by atoms with van der Waals surface area (Å²) in [7, 11) is 0. The minimum atomic E-state index is -0.549. The van der Waals surface area contributed by atoms with E-state index in [0.717, 1.165) is 16.1 Å². The quantitative estimate of drug-likeness (QED) is 0.529. The van der Waals surface area contributed by atoms with Gasteiger partial charge < -0.3 is 20.7 Å². The number of hydrogen-bond acceptors (Lipinski definition) is 8. The number of nitrogens with two attached hydrogens (primary N) is 1. The second kappa shape index (κ2) is 10.00. The number of rotatable bonds is 5. The van der Waals surface area contributed by atoms with Crippen molar-refractivity contribution in [1.29, 1.82) is 0 Å². The molecular formula is C24H32ClN5O3S. The third-order valence-corrected chi connectivity index (χ3v) is 7.25. The number of nitrogens with zero attached hydrogens (tertiary/aromatic N) is 3. The number of carbonyl (C=O) groups is 2. The fourth-order valence-electron chi connectivity index (χ4n) is 3.73. The van der Waals surface area contributed by atoms with Gasteiger partial charge >= 0.3 is 6.09 Å². The molecule has 1 amide bonds. The molecule has 3 heterocycles. The number of hydrogen-bond donors (Lipinski definition) is 2. The van der Waals surface area contributed by atoms with Crippen molar-refractivity contribution in [3.8, 4) is 0 Å². The summed E-state index contributed by atoms with van der Waals surface area (Å²) in [5.74, 6) is 0.140. The topological polar surface area (TPSA) is 110 Å². The maximum Gasteiger partial charge on any atom is 0.408 e. The summed E-state index contributed by atoms with van der Waals surface area (Å²) in [6.07, 6.45) is 2.60. The Labute approximate surface area is 210 Å². The summed E-state index contributed by atoms with van der Waals surface area (Å²) in [6.45, 7) is 12.4. The fourth-order valence-corrected chi connectivity index (χ4v) is 4.84. The number of aryl methyl sites for hydroxylation is 1. The average molecular weight is 506 g/mol. The van der Waals surface area contributed by atoms with Crippen LogP contribution in [0.4, 0.5) is 16.3 Å². The SMILES string of the molecule is CC(=O)c1nc(Sc2ccnc(N)c2Cl)c(C)cc1N1CCC(C)(NC(=O)OC(C)(C)C)CC1. The largest absolute Gasteiger partial charge is 0.444 e. The molecule has 10 heteroatoms. The molecule has 3 rings (SSSR count). The van der Waals surface area contributed by atoms with E-state index in [4.69, 9.17) is 27.1 Å². The van der Waals surface area contributed by atoms with Gasteiger partial charge in [-0.25, -0.2) is 14.8 Å². The van der Waals surface area contributed by atoms with Crippen LogP contribution in [0.1, 0.15) is 63.5 Å². The summed E-state index contributed by atoms with van der Waals surface area (Å²) in [5, 5.41) is 4.08. The van der Waals surface area contributed by atoms with Crippen LogP contribution in [-0.2, 0) is 4.74 Å². The van der Waals surface area contributed by atoms with Gasteiger partial charge in [0.05, 0.1) is 10.7 Å². The van der Waals surface area contributed by atoms with Crippen molar-refractivity contribution < 1.29 is 14.3 Å². The van der Waals surface area contributed by atoms with Gasteiger partial charge in [0.1, 0.15) is 22.1 Å². The predicted octanol–water partition coefficient (Wildman–Crippen LogP) is 5.26. The van der Waals surface area contributed by atoms with Gasteiger partial charge in [0.25, 0.3) is 0 Å². The van der Waals surface area contributed by atoms with Crippen LogP contribution in [-0.4, -0.2) is 46.1 Å². The van der Waals surface area contributed by atoms with Gasteiger partial charge in [-0.2, -0.15) is 0 Å². The molecule has 0 radical (unpaired) electrons. The number of piperidine rings is 1. The van der Waals surface area contributed by atoms with Crippen molar-refractivity contribution in [1.82, 2.24) is 15.3 Å². The summed E-state index contributed by atoms with van der Waals surface area (Å²) >= 11 is 7.66. The number of aromatic nitrogens is 2. The number of anilines is 2. The number of Topliss-reactive ketones (excluding diaryl/α,β-unsaturated/α-hetero) is 1. The Hall–Kier alpha value is -2.52. The molecule has 0 spiro atoms. The minimum Gasteiger partial charge on any atom is -0.444 e. The molecule has 0 aliphatic carbocycles. The van der Waals surface area contributed by atoms with Crippen molar-refractivity contribution in [3.63, 3.8) is 0 Å². The van der Waals surface area contributed by atoms with Crippen LogP contribution < -0.4 is 16.0 Å². The van der Waals surface area contributed by atoms with Gasteiger partial charge in [0.2, 0.25) is 0 Å². The Balaban J connectivity index is 1.79. The Kier molecular flexibility index (Phi) is 7.67. The van der Waals surface area contributed by atoms with E-state index in [9.17, 15) is 9.59 Å². The highest BCUT2D eigenvalue weighted by atomic mass is 35.5.